The highest BCUT2D eigenvalue weighted by Gasteiger charge is 2.07. The maximum Gasteiger partial charge on any atom is 0.258 e. The van der Waals surface area contributed by atoms with Gasteiger partial charge in [-0.05, 0) is 37.1 Å². The minimum absolute atomic E-state index is 0.0269. The smallest absolute Gasteiger partial charge is 0.258 e. The summed E-state index contributed by atoms with van der Waals surface area (Å²) in [6.07, 6.45) is 1.51. The monoisotopic (exact) mass is 347 g/mol. The third kappa shape index (κ3) is 4.66. The van der Waals surface area contributed by atoms with E-state index in [1.165, 1.54) is 6.33 Å². The molecule has 0 saturated heterocycles. The molecule has 0 bridgehead atoms. The van der Waals surface area contributed by atoms with E-state index in [0.717, 1.165) is 33.8 Å². The second-order valence-corrected chi connectivity index (χ2v) is 6.09. The van der Waals surface area contributed by atoms with E-state index in [2.05, 4.69) is 15.3 Å². The zero-order valence-corrected chi connectivity index (χ0v) is 14.9. The fourth-order valence-corrected chi connectivity index (χ4v) is 2.51. The molecular weight excluding hydrogens is 326 g/mol. The molecule has 3 aromatic rings. The number of rotatable bonds is 6. The lowest BCUT2D eigenvalue weighted by Crippen LogP contribution is -2.28. The van der Waals surface area contributed by atoms with Gasteiger partial charge in [0, 0.05) is 5.56 Å². The maximum atomic E-state index is 12.1. The van der Waals surface area contributed by atoms with Crippen molar-refractivity contribution in [2.45, 2.75) is 20.4 Å². The van der Waals surface area contributed by atoms with Crippen LogP contribution in [0.1, 0.15) is 16.8 Å². The summed E-state index contributed by atoms with van der Waals surface area (Å²) in [4.78, 5) is 20.6. The summed E-state index contributed by atoms with van der Waals surface area (Å²) in [5, 5.41) is 2.83. The average molecular weight is 347 g/mol. The van der Waals surface area contributed by atoms with Gasteiger partial charge in [-0.15, -0.1) is 0 Å². The second kappa shape index (κ2) is 8.25. The van der Waals surface area contributed by atoms with Gasteiger partial charge in [-0.1, -0.05) is 42.5 Å². The quantitative estimate of drug-likeness (QED) is 0.742. The molecule has 5 heteroatoms. The average Bonchev–Trinajstić information content (AvgIpc) is 2.68. The van der Waals surface area contributed by atoms with Crippen molar-refractivity contribution in [2.24, 2.45) is 0 Å². The summed E-state index contributed by atoms with van der Waals surface area (Å²) in [7, 11) is 0. The number of nitrogens with zero attached hydrogens (tertiary/aromatic N) is 2. The standard InChI is InChI=1S/C21H21N3O2/c1-15-8-9-16(2)20(10-15)26-13-21(25)22-12-18-11-19(24-14-23-18)17-6-4-3-5-7-17/h3-11,14H,12-13H2,1-2H3,(H,22,25). The third-order valence-electron chi connectivity index (χ3n) is 3.96. The van der Waals surface area contributed by atoms with Gasteiger partial charge < -0.3 is 10.1 Å². The van der Waals surface area contributed by atoms with E-state index in [-0.39, 0.29) is 12.5 Å². The van der Waals surface area contributed by atoms with Gasteiger partial charge in [0.05, 0.1) is 17.9 Å². The molecule has 0 fully saturated rings. The molecule has 0 atom stereocenters. The minimum Gasteiger partial charge on any atom is -0.483 e. The lowest BCUT2D eigenvalue weighted by Gasteiger charge is -2.10. The van der Waals surface area contributed by atoms with E-state index in [1.807, 2.05) is 68.4 Å². The van der Waals surface area contributed by atoms with Gasteiger partial charge >= 0.3 is 0 Å². The SMILES string of the molecule is Cc1ccc(C)c(OCC(=O)NCc2cc(-c3ccccc3)ncn2)c1. The summed E-state index contributed by atoms with van der Waals surface area (Å²) in [6.45, 7) is 4.25. The number of hydrogen-bond donors (Lipinski definition) is 1. The number of benzene rings is 2. The van der Waals surface area contributed by atoms with Gasteiger partial charge in [0.2, 0.25) is 0 Å². The van der Waals surface area contributed by atoms with Crippen LogP contribution in [-0.4, -0.2) is 22.5 Å². The van der Waals surface area contributed by atoms with E-state index in [0.29, 0.717) is 6.54 Å². The molecule has 26 heavy (non-hydrogen) atoms. The van der Waals surface area contributed by atoms with Crippen LogP contribution < -0.4 is 10.1 Å². The number of hydrogen-bond acceptors (Lipinski definition) is 4. The highest BCUT2D eigenvalue weighted by atomic mass is 16.5. The Bertz CT molecular complexity index is 895. The molecule has 0 radical (unpaired) electrons. The molecule has 3 rings (SSSR count). The number of carbonyl (C=O) groups is 1. The van der Waals surface area contributed by atoms with E-state index < -0.39 is 0 Å². The van der Waals surface area contributed by atoms with Crippen molar-refractivity contribution >= 4 is 5.91 Å². The normalized spacial score (nSPS) is 10.4. The summed E-state index contributed by atoms with van der Waals surface area (Å²) in [6, 6.07) is 17.7. The summed E-state index contributed by atoms with van der Waals surface area (Å²) in [5.74, 6) is 0.541. The molecular formula is C21H21N3O2. The van der Waals surface area contributed by atoms with Crippen molar-refractivity contribution in [1.82, 2.24) is 15.3 Å². The summed E-state index contributed by atoms with van der Waals surface area (Å²) < 4.78 is 5.62. The van der Waals surface area contributed by atoms with Crippen LogP contribution in [0, 0.1) is 13.8 Å². The zero-order valence-electron chi connectivity index (χ0n) is 14.9. The van der Waals surface area contributed by atoms with Crippen LogP contribution in [0.3, 0.4) is 0 Å². The molecule has 132 valence electrons. The number of aromatic nitrogens is 2. The van der Waals surface area contributed by atoms with E-state index in [1.54, 1.807) is 0 Å². The van der Waals surface area contributed by atoms with Crippen molar-refractivity contribution in [2.75, 3.05) is 6.61 Å². The number of ether oxygens (including phenoxy) is 1. The highest BCUT2D eigenvalue weighted by Crippen LogP contribution is 2.19. The minimum atomic E-state index is -0.189. The summed E-state index contributed by atoms with van der Waals surface area (Å²) in [5.41, 5.74) is 4.70. The van der Waals surface area contributed by atoms with Crippen LogP contribution in [0.5, 0.6) is 5.75 Å². The molecule has 0 unspecified atom stereocenters. The largest absolute Gasteiger partial charge is 0.483 e. The van der Waals surface area contributed by atoms with Crippen LogP contribution in [0.25, 0.3) is 11.3 Å². The first kappa shape index (κ1) is 17.6. The molecule has 1 aromatic heterocycles. The van der Waals surface area contributed by atoms with Crippen LogP contribution >= 0.6 is 0 Å². The predicted molar refractivity (Wildman–Crippen MR) is 101 cm³/mol. The molecule has 2 aromatic carbocycles. The molecule has 0 saturated carbocycles. The van der Waals surface area contributed by atoms with E-state index in [9.17, 15) is 4.79 Å². The van der Waals surface area contributed by atoms with E-state index in [4.69, 9.17) is 4.74 Å². The third-order valence-corrected chi connectivity index (χ3v) is 3.96. The van der Waals surface area contributed by atoms with Gasteiger partial charge in [-0.25, -0.2) is 9.97 Å². The topological polar surface area (TPSA) is 64.1 Å². The molecule has 0 aliphatic carbocycles. The number of amides is 1. The van der Waals surface area contributed by atoms with Crippen molar-refractivity contribution in [1.29, 1.82) is 0 Å². The lowest BCUT2D eigenvalue weighted by atomic mass is 10.1. The number of carbonyl (C=O) groups excluding carboxylic acids is 1. The van der Waals surface area contributed by atoms with Crippen LogP contribution in [0.2, 0.25) is 0 Å². The number of nitrogens with one attached hydrogen (secondary N) is 1. The number of aryl methyl sites for hydroxylation is 2. The Hall–Kier alpha value is -3.21. The van der Waals surface area contributed by atoms with Gasteiger partial charge in [0.1, 0.15) is 12.1 Å². The molecule has 0 spiro atoms. The zero-order chi connectivity index (χ0) is 18.4. The fourth-order valence-electron chi connectivity index (χ4n) is 2.51. The fraction of sp³-hybridized carbons (Fsp3) is 0.190. The predicted octanol–water partition coefficient (Wildman–Crippen LogP) is 3.46. The van der Waals surface area contributed by atoms with Gasteiger partial charge in [0.25, 0.3) is 5.91 Å². The molecule has 1 heterocycles. The van der Waals surface area contributed by atoms with Crippen LogP contribution in [0.4, 0.5) is 0 Å². The van der Waals surface area contributed by atoms with Gasteiger partial charge in [0.15, 0.2) is 6.61 Å². The van der Waals surface area contributed by atoms with Crippen molar-refractivity contribution in [3.8, 4) is 17.0 Å². The Morgan fingerprint density at radius 2 is 1.85 bits per heavy atom. The first-order valence-electron chi connectivity index (χ1n) is 8.45. The van der Waals surface area contributed by atoms with Crippen molar-refractivity contribution in [3.63, 3.8) is 0 Å². The van der Waals surface area contributed by atoms with E-state index >= 15 is 0 Å². The first-order chi connectivity index (χ1) is 12.6. The van der Waals surface area contributed by atoms with Crippen LogP contribution in [-0.2, 0) is 11.3 Å². The Morgan fingerprint density at radius 1 is 1.04 bits per heavy atom. The first-order valence-corrected chi connectivity index (χ1v) is 8.45. The highest BCUT2D eigenvalue weighted by molar-refractivity contribution is 5.77. The van der Waals surface area contributed by atoms with Gasteiger partial charge in [-0.2, -0.15) is 0 Å². The van der Waals surface area contributed by atoms with Crippen molar-refractivity contribution < 1.29 is 9.53 Å². The van der Waals surface area contributed by atoms with Crippen LogP contribution in [0.15, 0.2) is 60.9 Å². The molecule has 0 aliphatic heterocycles. The second-order valence-electron chi connectivity index (χ2n) is 6.09. The Labute approximate surface area is 153 Å². The molecule has 1 N–H and O–H groups in total. The van der Waals surface area contributed by atoms with Gasteiger partial charge in [-0.3, -0.25) is 4.79 Å². The van der Waals surface area contributed by atoms with Crippen molar-refractivity contribution in [3.05, 3.63) is 77.7 Å². The summed E-state index contributed by atoms with van der Waals surface area (Å²) >= 11 is 0. The molecule has 0 aliphatic rings. The Morgan fingerprint density at radius 3 is 2.65 bits per heavy atom. The Balaban J connectivity index is 1.55. The Kier molecular flexibility index (Phi) is 5.59. The molecule has 5 nitrogen and oxygen atoms in total. The lowest BCUT2D eigenvalue weighted by molar-refractivity contribution is -0.123. The maximum absolute atomic E-state index is 12.1. The molecule has 1 amide bonds.